The average Bonchev–Trinajstić information content (AvgIpc) is 2.11. The van der Waals surface area contributed by atoms with Crippen molar-refractivity contribution in [3.63, 3.8) is 0 Å². The first-order valence-corrected chi connectivity index (χ1v) is 7.06. The van der Waals surface area contributed by atoms with Crippen molar-refractivity contribution in [2.45, 2.75) is 19.8 Å². The third kappa shape index (κ3) is 11.3. The van der Waals surface area contributed by atoms with Crippen LogP contribution >= 0.6 is 0 Å². The van der Waals surface area contributed by atoms with E-state index in [4.69, 9.17) is 4.74 Å². The lowest BCUT2D eigenvalue weighted by Crippen LogP contribution is -2.29. The largest absolute Gasteiger partial charge is 0.465 e. The van der Waals surface area contributed by atoms with Gasteiger partial charge >= 0.3 is 5.97 Å². The number of ether oxygens (including phenoxy) is 1. The first-order chi connectivity index (χ1) is 6.95. The van der Waals surface area contributed by atoms with Crippen molar-refractivity contribution in [2.75, 3.05) is 31.7 Å². The summed E-state index contributed by atoms with van der Waals surface area (Å²) in [6.45, 7) is 2.79. The number of esters is 1. The number of carbonyl (C=O) groups is 1. The van der Waals surface area contributed by atoms with Crippen molar-refractivity contribution in [2.24, 2.45) is 0 Å². The Morgan fingerprint density at radius 1 is 1.40 bits per heavy atom. The van der Waals surface area contributed by atoms with E-state index in [0.717, 1.165) is 19.1 Å². The quantitative estimate of drug-likeness (QED) is 0.474. The fraction of sp³-hybridized carbons (Fsp3) is 0.889. The lowest BCUT2D eigenvalue weighted by Gasteiger charge is -2.04. The van der Waals surface area contributed by atoms with Gasteiger partial charge in [0.25, 0.3) is 0 Å². The molecule has 0 aliphatic heterocycles. The molecule has 0 spiro atoms. The van der Waals surface area contributed by atoms with Crippen molar-refractivity contribution in [1.82, 2.24) is 5.32 Å². The second kappa shape index (κ2) is 7.64. The van der Waals surface area contributed by atoms with E-state index in [1.54, 1.807) is 0 Å². The maximum Gasteiger partial charge on any atom is 0.319 e. The molecule has 0 unspecified atom stereocenters. The van der Waals surface area contributed by atoms with Crippen LogP contribution in [0.1, 0.15) is 19.8 Å². The molecule has 0 aliphatic carbocycles. The van der Waals surface area contributed by atoms with Crippen LogP contribution in [0.4, 0.5) is 0 Å². The van der Waals surface area contributed by atoms with Crippen molar-refractivity contribution < 1.29 is 17.9 Å². The fourth-order valence-corrected chi connectivity index (χ4v) is 1.34. The number of unbranched alkanes of at least 4 members (excludes halogenated alkanes) is 1. The van der Waals surface area contributed by atoms with Crippen molar-refractivity contribution in [1.29, 1.82) is 0 Å². The van der Waals surface area contributed by atoms with Gasteiger partial charge in [-0.25, -0.2) is 8.42 Å². The van der Waals surface area contributed by atoms with Gasteiger partial charge in [-0.2, -0.15) is 0 Å². The first kappa shape index (κ1) is 14.4. The molecule has 6 heteroatoms. The summed E-state index contributed by atoms with van der Waals surface area (Å²) in [5.41, 5.74) is 0. The van der Waals surface area contributed by atoms with E-state index in [0.29, 0.717) is 6.61 Å². The van der Waals surface area contributed by atoms with E-state index in [1.807, 2.05) is 6.92 Å². The predicted octanol–water partition coefficient (Wildman–Crippen LogP) is -0.0361. The zero-order valence-electron chi connectivity index (χ0n) is 9.28. The van der Waals surface area contributed by atoms with Crippen LogP contribution in [0.25, 0.3) is 0 Å². The normalized spacial score (nSPS) is 11.3. The molecule has 0 aromatic rings. The molecule has 0 aliphatic rings. The van der Waals surface area contributed by atoms with E-state index in [2.05, 4.69) is 5.32 Å². The molecule has 0 bridgehead atoms. The summed E-state index contributed by atoms with van der Waals surface area (Å²) >= 11 is 0. The van der Waals surface area contributed by atoms with Crippen LogP contribution in [0.5, 0.6) is 0 Å². The van der Waals surface area contributed by atoms with Gasteiger partial charge in [0.15, 0.2) is 0 Å². The molecule has 0 rings (SSSR count). The van der Waals surface area contributed by atoms with Crippen LogP contribution in [0.2, 0.25) is 0 Å². The topological polar surface area (TPSA) is 72.5 Å². The van der Waals surface area contributed by atoms with Gasteiger partial charge in [0.1, 0.15) is 9.84 Å². The molecule has 0 heterocycles. The minimum atomic E-state index is -2.96. The van der Waals surface area contributed by atoms with Gasteiger partial charge in [0.2, 0.25) is 0 Å². The third-order valence-corrected chi connectivity index (χ3v) is 2.63. The van der Waals surface area contributed by atoms with E-state index in [1.165, 1.54) is 0 Å². The Kier molecular flexibility index (Phi) is 7.33. The summed E-state index contributed by atoms with van der Waals surface area (Å²) in [5.74, 6) is -0.299. The van der Waals surface area contributed by atoms with Gasteiger partial charge in [-0.1, -0.05) is 13.3 Å². The Bertz CT molecular complexity index is 274. The molecule has 0 aromatic carbocycles. The molecule has 0 aromatic heterocycles. The van der Waals surface area contributed by atoms with Gasteiger partial charge in [-0.05, 0) is 6.42 Å². The lowest BCUT2D eigenvalue weighted by molar-refractivity contribution is -0.142. The Balaban J connectivity index is 3.39. The minimum Gasteiger partial charge on any atom is -0.465 e. The second-order valence-electron chi connectivity index (χ2n) is 3.38. The fourth-order valence-electron chi connectivity index (χ4n) is 0.829. The van der Waals surface area contributed by atoms with Crippen LogP contribution in [0, 0.1) is 0 Å². The smallest absolute Gasteiger partial charge is 0.319 e. The van der Waals surface area contributed by atoms with Crippen LogP contribution in [0.3, 0.4) is 0 Å². The summed E-state index contributed by atoms with van der Waals surface area (Å²) in [5, 5.41) is 2.71. The molecule has 0 radical (unpaired) electrons. The van der Waals surface area contributed by atoms with Crippen molar-refractivity contribution in [3.8, 4) is 0 Å². The van der Waals surface area contributed by atoms with Gasteiger partial charge in [0.05, 0.1) is 18.9 Å². The predicted molar refractivity (Wildman–Crippen MR) is 58.4 cm³/mol. The maximum atomic E-state index is 11.0. The van der Waals surface area contributed by atoms with Gasteiger partial charge in [-0.15, -0.1) is 0 Å². The zero-order valence-corrected chi connectivity index (χ0v) is 10.1. The summed E-state index contributed by atoms with van der Waals surface area (Å²) in [6, 6.07) is 0. The highest BCUT2D eigenvalue weighted by atomic mass is 32.2. The van der Waals surface area contributed by atoms with Gasteiger partial charge < -0.3 is 10.1 Å². The van der Waals surface area contributed by atoms with Gasteiger partial charge in [-0.3, -0.25) is 4.79 Å². The first-order valence-electron chi connectivity index (χ1n) is 4.99. The molecule has 0 fully saturated rings. The van der Waals surface area contributed by atoms with Crippen LogP contribution in [-0.2, 0) is 19.4 Å². The summed E-state index contributed by atoms with van der Waals surface area (Å²) in [7, 11) is -2.96. The highest BCUT2D eigenvalue weighted by Gasteiger charge is 2.04. The average molecular weight is 237 g/mol. The Hall–Kier alpha value is -0.620. The van der Waals surface area contributed by atoms with E-state index >= 15 is 0 Å². The van der Waals surface area contributed by atoms with Crippen LogP contribution < -0.4 is 5.32 Å². The minimum absolute atomic E-state index is 0.0369. The Labute approximate surface area is 91.1 Å². The van der Waals surface area contributed by atoms with Crippen LogP contribution in [-0.4, -0.2) is 46.1 Å². The third-order valence-electron chi connectivity index (χ3n) is 1.68. The molecule has 0 saturated carbocycles. The molecule has 1 N–H and O–H groups in total. The van der Waals surface area contributed by atoms with Crippen LogP contribution in [0.15, 0.2) is 0 Å². The zero-order chi connectivity index (χ0) is 11.7. The number of sulfone groups is 1. The summed E-state index contributed by atoms with van der Waals surface area (Å²) < 4.78 is 26.3. The van der Waals surface area contributed by atoms with Crippen molar-refractivity contribution >= 4 is 15.8 Å². The second-order valence-corrected chi connectivity index (χ2v) is 5.64. The number of rotatable bonds is 8. The number of hydrogen-bond donors (Lipinski definition) is 1. The highest BCUT2D eigenvalue weighted by molar-refractivity contribution is 7.90. The molecule has 0 amide bonds. The number of hydrogen-bond acceptors (Lipinski definition) is 5. The highest BCUT2D eigenvalue weighted by Crippen LogP contribution is 1.88. The van der Waals surface area contributed by atoms with Crippen molar-refractivity contribution in [3.05, 3.63) is 0 Å². The number of carbonyl (C=O) groups excluding carboxylic acids is 1. The SMILES string of the molecule is CCCCOC(=O)CNCCS(C)(=O)=O. The van der Waals surface area contributed by atoms with E-state index in [9.17, 15) is 13.2 Å². The standard InChI is InChI=1S/C9H19NO4S/c1-3-4-6-14-9(11)8-10-5-7-15(2,12)13/h10H,3-8H2,1-2H3. The van der Waals surface area contributed by atoms with Gasteiger partial charge in [0, 0.05) is 12.8 Å². The monoisotopic (exact) mass is 237 g/mol. The molecular formula is C9H19NO4S. The molecule has 90 valence electrons. The van der Waals surface area contributed by atoms with E-state index in [-0.39, 0.29) is 24.8 Å². The molecule has 0 atom stereocenters. The molecule has 0 saturated heterocycles. The van der Waals surface area contributed by atoms with E-state index < -0.39 is 9.84 Å². The number of nitrogens with one attached hydrogen (secondary N) is 1. The molecule has 5 nitrogen and oxygen atoms in total. The summed E-state index contributed by atoms with van der Waals surface area (Å²) in [6.07, 6.45) is 3.00. The Morgan fingerprint density at radius 2 is 2.07 bits per heavy atom. The summed E-state index contributed by atoms with van der Waals surface area (Å²) in [4.78, 5) is 11.0. The lowest BCUT2D eigenvalue weighted by atomic mass is 10.4. The maximum absolute atomic E-state index is 11.0. The Morgan fingerprint density at radius 3 is 2.60 bits per heavy atom. The molecular weight excluding hydrogens is 218 g/mol. The molecule has 15 heavy (non-hydrogen) atoms.